The third-order valence-corrected chi connectivity index (χ3v) is 3.20. The van der Waals surface area contributed by atoms with Crippen LogP contribution in [0.5, 0.6) is 0 Å². The molecule has 0 atom stereocenters. The fourth-order valence-corrected chi connectivity index (χ4v) is 2.11. The molecule has 0 fully saturated rings. The first-order valence-electron chi connectivity index (χ1n) is 4.92. The summed E-state index contributed by atoms with van der Waals surface area (Å²) in [5, 5.41) is 10.5. The number of carboxylic acid groups (broad SMARTS) is 1. The van der Waals surface area contributed by atoms with Gasteiger partial charge in [0.15, 0.2) is 0 Å². The maximum atomic E-state index is 11.6. The highest BCUT2D eigenvalue weighted by Crippen LogP contribution is 2.11. The number of aromatic carboxylic acids is 1. The summed E-state index contributed by atoms with van der Waals surface area (Å²) in [5.41, 5.74) is 1.29. The number of thiazole rings is 1. The molecule has 0 aliphatic rings. The zero-order valence-corrected chi connectivity index (χ0v) is 9.90. The third-order valence-electron chi connectivity index (χ3n) is 2.32. The van der Waals surface area contributed by atoms with E-state index in [0.29, 0.717) is 12.2 Å². The van der Waals surface area contributed by atoms with Gasteiger partial charge in [0.2, 0.25) is 5.01 Å². The lowest BCUT2D eigenvalue weighted by atomic mass is 10.3. The van der Waals surface area contributed by atoms with Crippen molar-refractivity contribution in [3.8, 4) is 0 Å². The minimum atomic E-state index is -1.04. The molecule has 2 aromatic heterocycles. The number of carbonyl (C=O) groups is 1. The summed E-state index contributed by atoms with van der Waals surface area (Å²) in [6.45, 7) is 2.13. The van der Waals surface area contributed by atoms with Crippen LogP contribution in [0.3, 0.4) is 0 Å². The minimum absolute atomic E-state index is 0.0432. The molecular formula is C11H10N2O3S. The Morgan fingerprint density at radius 2 is 2.29 bits per heavy atom. The van der Waals surface area contributed by atoms with Gasteiger partial charge in [-0.2, -0.15) is 0 Å². The van der Waals surface area contributed by atoms with Crippen molar-refractivity contribution in [3.05, 3.63) is 50.3 Å². The number of aromatic nitrogens is 2. The Labute approximate surface area is 101 Å². The van der Waals surface area contributed by atoms with E-state index in [1.165, 1.54) is 6.07 Å². The first-order chi connectivity index (χ1) is 8.08. The zero-order valence-electron chi connectivity index (χ0n) is 9.08. The Bertz CT molecular complexity index is 615. The van der Waals surface area contributed by atoms with Gasteiger partial charge < -0.3 is 9.67 Å². The van der Waals surface area contributed by atoms with Crippen molar-refractivity contribution in [2.24, 2.45) is 0 Å². The van der Waals surface area contributed by atoms with Gasteiger partial charge in [0.25, 0.3) is 5.56 Å². The largest absolute Gasteiger partial charge is 0.476 e. The van der Waals surface area contributed by atoms with Gasteiger partial charge in [-0.1, -0.05) is 6.07 Å². The predicted molar refractivity (Wildman–Crippen MR) is 63.6 cm³/mol. The smallest absolute Gasteiger partial charge is 0.365 e. The molecule has 5 nitrogen and oxygen atoms in total. The van der Waals surface area contributed by atoms with E-state index < -0.39 is 5.97 Å². The fraction of sp³-hybridized carbons (Fsp3) is 0.182. The summed E-state index contributed by atoms with van der Waals surface area (Å²) < 4.78 is 1.56. The first-order valence-corrected chi connectivity index (χ1v) is 5.80. The fourth-order valence-electron chi connectivity index (χ4n) is 1.47. The Kier molecular flexibility index (Phi) is 3.06. The number of aryl methyl sites for hydroxylation is 1. The Balaban J connectivity index is 2.32. The molecular weight excluding hydrogens is 240 g/mol. The number of hydrogen-bond donors (Lipinski definition) is 1. The molecule has 17 heavy (non-hydrogen) atoms. The second-order valence-electron chi connectivity index (χ2n) is 3.54. The average Bonchev–Trinajstić information content (AvgIpc) is 2.72. The molecule has 2 heterocycles. The highest BCUT2D eigenvalue weighted by Gasteiger charge is 2.10. The van der Waals surface area contributed by atoms with Crippen molar-refractivity contribution in [2.45, 2.75) is 13.5 Å². The van der Waals surface area contributed by atoms with Gasteiger partial charge in [-0.25, -0.2) is 9.78 Å². The molecule has 0 aliphatic heterocycles. The molecule has 6 heteroatoms. The summed E-state index contributed by atoms with van der Waals surface area (Å²) >= 11 is 1.06. The number of hydrogen-bond acceptors (Lipinski definition) is 4. The molecule has 0 saturated carbocycles. The highest BCUT2D eigenvalue weighted by atomic mass is 32.1. The molecule has 88 valence electrons. The van der Waals surface area contributed by atoms with E-state index in [9.17, 15) is 9.59 Å². The Hall–Kier alpha value is -1.95. The summed E-state index contributed by atoms with van der Waals surface area (Å²) in [6, 6.07) is 4.99. The van der Waals surface area contributed by atoms with Crippen LogP contribution >= 0.6 is 11.3 Å². The average molecular weight is 250 g/mol. The SMILES string of the molecule is Cc1cccc(=O)n1Cc1csc(C(=O)O)n1. The molecule has 0 saturated heterocycles. The van der Waals surface area contributed by atoms with Crippen molar-refractivity contribution in [2.75, 3.05) is 0 Å². The number of nitrogens with zero attached hydrogens (tertiary/aromatic N) is 2. The molecule has 2 rings (SSSR count). The van der Waals surface area contributed by atoms with E-state index >= 15 is 0 Å². The van der Waals surface area contributed by atoms with E-state index in [1.54, 1.807) is 16.0 Å². The van der Waals surface area contributed by atoms with Gasteiger partial charge >= 0.3 is 5.97 Å². The lowest BCUT2D eigenvalue weighted by Crippen LogP contribution is -2.21. The van der Waals surface area contributed by atoms with Crippen LogP contribution in [0, 0.1) is 6.92 Å². The molecule has 0 radical (unpaired) electrons. The normalized spacial score (nSPS) is 10.4. The van der Waals surface area contributed by atoms with Crippen LogP contribution in [0.2, 0.25) is 0 Å². The van der Waals surface area contributed by atoms with Crippen LogP contribution in [0.1, 0.15) is 21.2 Å². The van der Waals surface area contributed by atoms with Gasteiger partial charge in [-0.3, -0.25) is 4.79 Å². The number of rotatable bonds is 3. The van der Waals surface area contributed by atoms with Crippen LogP contribution < -0.4 is 5.56 Å². The quantitative estimate of drug-likeness (QED) is 0.892. The number of carboxylic acids is 1. The summed E-state index contributed by atoms with van der Waals surface area (Å²) in [4.78, 5) is 26.2. The van der Waals surface area contributed by atoms with Gasteiger partial charge in [-0.05, 0) is 13.0 Å². The summed E-state index contributed by atoms with van der Waals surface area (Å²) in [6.07, 6.45) is 0. The van der Waals surface area contributed by atoms with E-state index in [1.807, 2.05) is 13.0 Å². The molecule has 0 bridgehead atoms. The first kappa shape index (κ1) is 11.5. The van der Waals surface area contributed by atoms with Gasteiger partial charge in [0.05, 0.1) is 12.2 Å². The molecule has 2 aromatic rings. The molecule has 1 N–H and O–H groups in total. The predicted octanol–water partition coefficient (Wildman–Crippen LogP) is 1.36. The minimum Gasteiger partial charge on any atom is -0.476 e. The third kappa shape index (κ3) is 2.42. The molecule has 0 unspecified atom stereocenters. The van der Waals surface area contributed by atoms with Crippen LogP contribution in [0.15, 0.2) is 28.4 Å². The van der Waals surface area contributed by atoms with Gasteiger partial charge in [-0.15, -0.1) is 11.3 Å². The topological polar surface area (TPSA) is 72.2 Å². The zero-order chi connectivity index (χ0) is 12.4. The summed E-state index contributed by atoms with van der Waals surface area (Å²) in [5.74, 6) is -1.04. The van der Waals surface area contributed by atoms with Crippen LogP contribution in [0.4, 0.5) is 0 Å². The van der Waals surface area contributed by atoms with E-state index in [4.69, 9.17) is 5.11 Å². The standard InChI is InChI=1S/C11H10N2O3S/c1-7-3-2-4-9(14)13(7)5-8-6-17-10(12-8)11(15)16/h2-4,6H,5H2,1H3,(H,15,16). The van der Waals surface area contributed by atoms with Crippen molar-refractivity contribution < 1.29 is 9.90 Å². The summed E-state index contributed by atoms with van der Waals surface area (Å²) in [7, 11) is 0. The second kappa shape index (κ2) is 4.50. The molecule has 0 spiro atoms. The van der Waals surface area contributed by atoms with E-state index in [2.05, 4.69) is 4.98 Å². The Morgan fingerprint density at radius 3 is 2.88 bits per heavy atom. The van der Waals surface area contributed by atoms with Crippen LogP contribution in [-0.4, -0.2) is 20.6 Å². The lowest BCUT2D eigenvalue weighted by molar-refractivity contribution is 0.0696. The van der Waals surface area contributed by atoms with Crippen LogP contribution in [-0.2, 0) is 6.54 Å². The van der Waals surface area contributed by atoms with Crippen molar-refractivity contribution in [1.82, 2.24) is 9.55 Å². The lowest BCUT2D eigenvalue weighted by Gasteiger charge is -2.06. The van der Waals surface area contributed by atoms with Crippen molar-refractivity contribution in [1.29, 1.82) is 0 Å². The monoisotopic (exact) mass is 250 g/mol. The molecule has 0 aliphatic carbocycles. The molecule has 0 aromatic carbocycles. The van der Waals surface area contributed by atoms with Gasteiger partial charge in [0.1, 0.15) is 0 Å². The number of pyridine rings is 1. The maximum absolute atomic E-state index is 11.6. The van der Waals surface area contributed by atoms with Gasteiger partial charge in [0, 0.05) is 17.1 Å². The Morgan fingerprint density at radius 1 is 1.53 bits per heavy atom. The van der Waals surface area contributed by atoms with Crippen LogP contribution in [0.25, 0.3) is 0 Å². The van der Waals surface area contributed by atoms with E-state index in [0.717, 1.165) is 17.0 Å². The maximum Gasteiger partial charge on any atom is 0.365 e. The van der Waals surface area contributed by atoms with Crippen molar-refractivity contribution in [3.63, 3.8) is 0 Å². The second-order valence-corrected chi connectivity index (χ2v) is 4.40. The molecule has 0 amide bonds. The van der Waals surface area contributed by atoms with Crippen molar-refractivity contribution >= 4 is 17.3 Å². The highest BCUT2D eigenvalue weighted by molar-refractivity contribution is 7.11. The van der Waals surface area contributed by atoms with E-state index in [-0.39, 0.29) is 10.6 Å².